The van der Waals surface area contributed by atoms with Gasteiger partial charge in [-0.15, -0.1) is 0 Å². The monoisotopic (exact) mass is 308 g/mol. The maximum atomic E-state index is 9.14. The van der Waals surface area contributed by atoms with Crippen LogP contribution in [0.1, 0.15) is 5.56 Å². The van der Waals surface area contributed by atoms with E-state index in [1.165, 1.54) is 5.56 Å². The van der Waals surface area contributed by atoms with E-state index in [9.17, 15) is 0 Å². The van der Waals surface area contributed by atoms with Gasteiger partial charge in [-0.05, 0) is 31.2 Å². The van der Waals surface area contributed by atoms with E-state index >= 15 is 0 Å². The number of hydrogen-bond acceptors (Lipinski definition) is 3. The molecule has 0 saturated carbocycles. The van der Waals surface area contributed by atoms with Crippen LogP contribution in [0.4, 0.5) is 0 Å². The van der Waals surface area contributed by atoms with Crippen molar-refractivity contribution in [3.8, 4) is 6.07 Å². The summed E-state index contributed by atoms with van der Waals surface area (Å²) in [7, 11) is 2.07. The second-order valence-corrected chi connectivity index (χ2v) is 5.91. The first-order valence-corrected chi connectivity index (χ1v) is 6.85. The fourth-order valence-corrected chi connectivity index (χ4v) is 2.37. The maximum Gasteiger partial charge on any atom is 0.116 e. The summed E-state index contributed by atoms with van der Waals surface area (Å²) in [6.45, 7) is 2.91. The number of rotatable bonds is 5. The lowest BCUT2D eigenvalue weighted by molar-refractivity contribution is -0.0886. The minimum absolute atomic E-state index is 0.269. The molecule has 4 heteroatoms. The van der Waals surface area contributed by atoms with Crippen LogP contribution >= 0.6 is 15.9 Å². The quantitative estimate of drug-likeness (QED) is 0.838. The molecular formula is C14H17BrN2O. The fourth-order valence-electron chi connectivity index (χ4n) is 2.11. The second kappa shape index (κ2) is 5.83. The first kappa shape index (κ1) is 13.5. The van der Waals surface area contributed by atoms with Crippen molar-refractivity contribution in [1.29, 1.82) is 5.26 Å². The summed E-state index contributed by atoms with van der Waals surface area (Å²) >= 11 is 3.43. The standard InChI is InChI=1S/C14H17BrN2O/c1-17(9-14(8-16)10-18-11-14)7-6-12-2-4-13(15)5-3-12/h2-5H,6-7,9-11H2,1H3. The normalized spacial score (nSPS) is 17.2. The number of hydrogen-bond donors (Lipinski definition) is 0. The number of nitriles is 1. The van der Waals surface area contributed by atoms with E-state index in [1.807, 2.05) is 0 Å². The molecule has 96 valence electrons. The van der Waals surface area contributed by atoms with Crippen LogP contribution in [0.3, 0.4) is 0 Å². The average Bonchev–Trinajstić information content (AvgIpc) is 2.33. The van der Waals surface area contributed by atoms with Gasteiger partial charge >= 0.3 is 0 Å². The molecule has 0 atom stereocenters. The fraction of sp³-hybridized carbons (Fsp3) is 0.500. The third kappa shape index (κ3) is 3.32. The molecule has 1 aliphatic rings. The summed E-state index contributed by atoms with van der Waals surface area (Å²) in [6, 6.07) is 10.8. The Morgan fingerprint density at radius 2 is 2.06 bits per heavy atom. The van der Waals surface area contributed by atoms with Crippen molar-refractivity contribution in [3.63, 3.8) is 0 Å². The van der Waals surface area contributed by atoms with Crippen LogP contribution in [0.25, 0.3) is 0 Å². The molecule has 0 aliphatic carbocycles. The summed E-state index contributed by atoms with van der Waals surface area (Å²) in [5.74, 6) is 0. The minimum atomic E-state index is -0.269. The Morgan fingerprint density at radius 3 is 2.56 bits per heavy atom. The van der Waals surface area contributed by atoms with Gasteiger partial charge in [0.2, 0.25) is 0 Å². The molecule has 1 saturated heterocycles. The van der Waals surface area contributed by atoms with Gasteiger partial charge in [0, 0.05) is 17.6 Å². The van der Waals surface area contributed by atoms with E-state index in [4.69, 9.17) is 10.00 Å². The number of benzene rings is 1. The van der Waals surface area contributed by atoms with E-state index in [0.717, 1.165) is 24.0 Å². The molecule has 1 aromatic carbocycles. The van der Waals surface area contributed by atoms with Crippen molar-refractivity contribution in [2.24, 2.45) is 5.41 Å². The van der Waals surface area contributed by atoms with Crippen LogP contribution in [-0.4, -0.2) is 38.3 Å². The molecule has 0 aromatic heterocycles. The second-order valence-electron chi connectivity index (χ2n) is 5.00. The lowest BCUT2D eigenvalue weighted by atomic mass is 9.87. The molecule has 1 aromatic rings. The molecule has 0 spiro atoms. The molecule has 0 bridgehead atoms. The SMILES string of the molecule is CN(CCc1ccc(Br)cc1)CC1(C#N)COC1. The maximum absolute atomic E-state index is 9.14. The lowest BCUT2D eigenvalue weighted by Gasteiger charge is -2.38. The van der Waals surface area contributed by atoms with Crippen LogP contribution in [0, 0.1) is 16.7 Å². The van der Waals surface area contributed by atoms with Gasteiger partial charge in [0.1, 0.15) is 5.41 Å². The van der Waals surface area contributed by atoms with Crippen molar-refractivity contribution < 1.29 is 4.74 Å². The van der Waals surface area contributed by atoms with E-state index in [2.05, 4.69) is 58.2 Å². The molecule has 18 heavy (non-hydrogen) atoms. The third-order valence-corrected chi connectivity index (χ3v) is 3.79. The summed E-state index contributed by atoms with van der Waals surface area (Å²) in [5, 5.41) is 9.14. The molecule has 1 heterocycles. The zero-order valence-corrected chi connectivity index (χ0v) is 12.1. The number of ether oxygens (including phenoxy) is 1. The molecule has 1 fully saturated rings. The highest BCUT2D eigenvalue weighted by Gasteiger charge is 2.39. The van der Waals surface area contributed by atoms with Gasteiger partial charge in [-0.2, -0.15) is 5.26 Å². The van der Waals surface area contributed by atoms with Gasteiger partial charge in [0.05, 0.1) is 19.3 Å². The van der Waals surface area contributed by atoms with E-state index in [-0.39, 0.29) is 5.41 Å². The molecule has 0 radical (unpaired) electrons. The van der Waals surface area contributed by atoms with Crippen LogP contribution in [0.5, 0.6) is 0 Å². The minimum Gasteiger partial charge on any atom is -0.378 e. The molecule has 0 amide bonds. The van der Waals surface area contributed by atoms with E-state index < -0.39 is 0 Å². The van der Waals surface area contributed by atoms with Gasteiger partial charge in [0.15, 0.2) is 0 Å². The van der Waals surface area contributed by atoms with Crippen molar-refractivity contribution in [2.45, 2.75) is 6.42 Å². The molecule has 3 nitrogen and oxygen atoms in total. The van der Waals surface area contributed by atoms with Gasteiger partial charge in [-0.25, -0.2) is 0 Å². The van der Waals surface area contributed by atoms with Gasteiger partial charge in [-0.1, -0.05) is 28.1 Å². The largest absolute Gasteiger partial charge is 0.378 e. The van der Waals surface area contributed by atoms with Crippen molar-refractivity contribution in [1.82, 2.24) is 4.90 Å². The Bertz CT molecular complexity index is 434. The summed E-state index contributed by atoms with van der Waals surface area (Å²) < 4.78 is 6.26. The van der Waals surface area contributed by atoms with Gasteiger partial charge < -0.3 is 9.64 Å². The summed E-state index contributed by atoms with van der Waals surface area (Å²) in [4.78, 5) is 2.22. The molecule has 0 N–H and O–H groups in total. The topological polar surface area (TPSA) is 36.3 Å². The van der Waals surface area contributed by atoms with Gasteiger partial charge in [0.25, 0.3) is 0 Å². The number of halogens is 1. The third-order valence-electron chi connectivity index (χ3n) is 3.26. The van der Waals surface area contributed by atoms with Crippen LogP contribution in [-0.2, 0) is 11.2 Å². The van der Waals surface area contributed by atoms with Crippen molar-refractivity contribution >= 4 is 15.9 Å². The Morgan fingerprint density at radius 1 is 1.39 bits per heavy atom. The summed E-state index contributed by atoms with van der Waals surface area (Å²) in [6.07, 6.45) is 1.01. The van der Waals surface area contributed by atoms with Gasteiger partial charge in [-0.3, -0.25) is 0 Å². The molecule has 0 unspecified atom stereocenters. The van der Waals surface area contributed by atoms with Crippen molar-refractivity contribution in [2.75, 3.05) is 33.4 Å². The smallest absolute Gasteiger partial charge is 0.116 e. The Balaban J connectivity index is 1.80. The summed E-state index contributed by atoms with van der Waals surface area (Å²) in [5.41, 5.74) is 1.05. The zero-order valence-electron chi connectivity index (χ0n) is 10.5. The molecule has 2 rings (SSSR count). The van der Waals surface area contributed by atoms with Crippen LogP contribution in [0.2, 0.25) is 0 Å². The predicted octanol–water partition coefficient (Wildman–Crippen LogP) is 2.46. The first-order chi connectivity index (χ1) is 8.63. The predicted molar refractivity (Wildman–Crippen MR) is 74.2 cm³/mol. The number of nitrogens with zero attached hydrogens (tertiary/aromatic N) is 2. The number of likely N-dealkylation sites (N-methyl/N-ethyl adjacent to an activating group) is 1. The Labute approximate surface area is 116 Å². The highest BCUT2D eigenvalue weighted by atomic mass is 79.9. The van der Waals surface area contributed by atoms with Crippen molar-refractivity contribution in [3.05, 3.63) is 34.3 Å². The van der Waals surface area contributed by atoms with E-state index in [1.54, 1.807) is 0 Å². The Hall–Kier alpha value is -0.890. The van der Waals surface area contributed by atoms with E-state index in [0.29, 0.717) is 13.2 Å². The van der Waals surface area contributed by atoms with Crippen LogP contribution in [0.15, 0.2) is 28.7 Å². The molecular weight excluding hydrogens is 292 g/mol. The highest BCUT2D eigenvalue weighted by molar-refractivity contribution is 9.10. The highest BCUT2D eigenvalue weighted by Crippen LogP contribution is 2.27. The first-order valence-electron chi connectivity index (χ1n) is 6.06. The Kier molecular flexibility index (Phi) is 4.39. The lowest BCUT2D eigenvalue weighted by Crippen LogP contribution is -2.49. The zero-order chi connectivity index (χ0) is 13.0. The van der Waals surface area contributed by atoms with Crippen LogP contribution < -0.4 is 0 Å². The average molecular weight is 309 g/mol. The molecule has 1 aliphatic heterocycles.